The molecule has 0 saturated carbocycles. The van der Waals surface area contributed by atoms with Gasteiger partial charge in [0.05, 0.1) is 5.69 Å². The molecule has 3 nitrogen and oxygen atoms in total. The minimum atomic E-state index is -0.790. The lowest BCUT2D eigenvalue weighted by atomic mass is 9.99. The van der Waals surface area contributed by atoms with Crippen LogP contribution in [-0.2, 0) is 9.54 Å². The van der Waals surface area contributed by atoms with Gasteiger partial charge >= 0.3 is 5.97 Å². The van der Waals surface area contributed by atoms with Crippen molar-refractivity contribution in [3.8, 4) is 0 Å². The molecule has 74 valence electrons. The molecule has 2 heterocycles. The van der Waals surface area contributed by atoms with Gasteiger partial charge in [-0.3, -0.25) is 9.78 Å². The third-order valence-corrected chi connectivity index (χ3v) is 4.02. The first-order valence-corrected chi connectivity index (χ1v) is 5.53. The summed E-state index contributed by atoms with van der Waals surface area (Å²) >= 11 is 1.49. The smallest absolute Gasteiger partial charge is 0.325 e. The predicted molar refractivity (Wildman–Crippen MR) is 55.2 cm³/mol. The molecule has 1 atom stereocenters. The Morgan fingerprint density at radius 3 is 2.93 bits per heavy atom. The second-order valence-electron chi connectivity index (χ2n) is 3.30. The first kappa shape index (κ1) is 9.52. The van der Waals surface area contributed by atoms with Crippen molar-refractivity contribution in [3.05, 3.63) is 30.1 Å². The van der Waals surface area contributed by atoms with Crippen LogP contribution in [0.2, 0.25) is 0 Å². The van der Waals surface area contributed by atoms with Crippen LogP contribution in [0.15, 0.2) is 24.4 Å². The number of aromatic nitrogens is 1. The molecule has 1 aliphatic rings. The summed E-state index contributed by atoms with van der Waals surface area (Å²) in [5, 5.41) is 9.26. The Morgan fingerprint density at radius 1 is 1.57 bits per heavy atom. The summed E-state index contributed by atoms with van der Waals surface area (Å²) < 4.78 is -0.790. The van der Waals surface area contributed by atoms with Crippen molar-refractivity contribution in [2.75, 3.05) is 5.75 Å². The summed E-state index contributed by atoms with van der Waals surface area (Å²) in [5.74, 6) is 0.141. The topological polar surface area (TPSA) is 50.2 Å². The van der Waals surface area contributed by atoms with Gasteiger partial charge in [-0.2, -0.15) is 0 Å². The Hall–Kier alpha value is -1.03. The summed E-state index contributed by atoms with van der Waals surface area (Å²) in [6, 6.07) is 5.44. The number of carboxylic acids is 1. The fourth-order valence-corrected chi connectivity index (χ4v) is 3.04. The number of nitrogens with zero attached hydrogens (tertiary/aromatic N) is 1. The number of thioether (sulfide) groups is 1. The lowest BCUT2D eigenvalue weighted by molar-refractivity contribution is -0.140. The average molecular weight is 209 g/mol. The van der Waals surface area contributed by atoms with Crippen LogP contribution in [0, 0.1) is 0 Å². The number of pyridine rings is 1. The molecule has 1 aliphatic heterocycles. The summed E-state index contributed by atoms with van der Waals surface area (Å²) in [7, 11) is 0. The quantitative estimate of drug-likeness (QED) is 0.808. The van der Waals surface area contributed by atoms with Crippen molar-refractivity contribution in [2.24, 2.45) is 0 Å². The maximum atomic E-state index is 11.3. The molecule has 0 aromatic carbocycles. The van der Waals surface area contributed by atoms with Crippen LogP contribution in [0.5, 0.6) is 0 Å². The van der Waals surface area contributed by atoms with E-state index in [1.807, 2.05) is 6.07 Å². The molecule has 0 radical (unpaired) electrons. The van der Waals surface area contributed by atoms with Crippen LogP contribution < -0.4 is 0 Å². The second-order valence-corrected chi connectivity index (χ2v) is 4.69. The monoisotopic (exact) mass is 209 g/mol. The van der Waals surface area contributed by atoms with Crippen molar-refractivity contribution >= 4 is 17.7 Å². The van der Waals surface area contributed by atoms with E-state index in [0.717, 1.165) is 12.2 Å². The summed E-state index contributed by atoms with van der Waals surface area (Å²) in [4.78, 5) is 15.4. The van der Waals surface area contributed by atoms with Crippen molar-refractivity contribution in [1.29, 1.82) is 0 Å². The van der Waals surface area contributed by atoms with E-state index in [9.17, 15) is 9.90 Å². The minimum Gasteiger partial charge on any atom is -0.480 e. The van der Waals surface area contributed by atoms with Crippen LogP contribution in [0.4, 0.5) is 0 Å². The van der Waals surface area contributed by atoms with Crippen molar-refractivity contribution < 1.29 is 9.90 Å². The lowest BCUT2D eigenvalue weighted by Crippen LogP contribution is -2.30. The first-order valence-electron chi connectivity index (χ1n) is 4.54. The number of hydrogen-bond acceptors (Lipinski definition) is 3. The second kappa shape index (κ2) is 3.61. The highest BCUT2D eigenvalue weighted by molar-refractivity contribution is 8.01. The van der Waals surface area contributed by atoms with Crippen LogP contribution in [-0.4, -0.2) is 21.8 Å². The zero-order chi connectivity index (χ0) is 10.0. The van der Waals surface area contributed by atoms with Crippen molar-refractivity contribution in [2.45, 2.75) is 17.6 Å². The maximum absolute atomic E-state index is 11.3. The molecule has 1 aromatic rings. The third kappa shape index (κ3) is 1.39. The molecule has 1 N–H and O–H groups in total. The number of carbonyl (C=O) groups is 1. The van der Waals surface area contributed by atoms with E-state index in [-0.39, 0.29) is 0 Å². The Kier molecular flexibility index (Phi) is 2.46. The first-order chi connectivity index (χ1) is 6.76. The third-order valence-electron chi connectivity index (χ3n) is 2.45. The molecule has 0 spiro atoms. The molecule has 4 heteroatoms. The average Bonchev–Trinajstić information content (AvgIpc) is 2.69. The molecule has 0 aliphatic carbocycles. The highest BCUT2D eigenvalue weighted by Crippen LogP contribution is 2.45. The molecular weight excluding hydrogens is 198 g/mol. The van der Waals surface area contributed by atoms with Gasteiger partial charge in [0.15, 0.2) is 4.75 Å². The van der Waals surface area contributed by atoms with Crippen molar-refractivity contribution in [3.63, 3.8) is 0 Å². The van der Waals surface area contributed by atoms with Crippen LogP contribution in [0.3, 0.4) is 0 Å². The van der Waals surface area contributed by atoms with Gasteiger partial charge in [0, 0.05) is 6.20 Å². The Labute approximate surface area is 86.5 Å². The van der Waals surface area contributed by atoms with Crippen LogP contribution in [0.25, 0.3) is 0 Å². The highest BCUT2D eigenvalue weighted by atomic mass is 32.2. The van der Waals surface area contributed by atoms with E-state index < -0.39 is 10.7 Å². The number of rotatable bonds is 2. The number of hydrogen-bond donors (Lipinski definition) is 1. The van der Waals surface area contributed by atoms with Gasteiger partial charge in [-0.25, -0.2) is 0 Å². The van der Waals surface area contributed by atoms with Gasteiger partial charge in [-0.05, 0) is 30.7 Å². The molecule has 1 saturated heterocycles. The van der Waals surface area contributed by atoms with Crippen LogP contribution >= 0.6 is 11.8 Å². The van der Waals surface area contributed by atoms with E-state index in [1.165, 1.54) is 11.8 Å². The molecule has 14 heavy (non-hydrogen) atoms. The zero-order valence-electron chi connectivity index (χ0n) is 7.64. The Bertz CT molecular complexity index is 333. The maximum Gasteiger partial charge on any atom is 0.325 e. The molecule has 0 bridgehead atoms. The van der Waals surface area contributed by atoms with Crippen molar-refractivity contribution in [1.82, 2.24) is 4.98 Å². The largest absolute Gasteiger partial charge is 0.480 e. The van der Waals surface area contributed by atoms with E-state index in [1.54, 1.807) is 18.3 Å². The summed E-state index contributed by atoms with van der Waals surface area (Å²) in [6.07, 6.45) is 3.29. The van der Waals surface area contributed by atoms with Gasteiger partial charge in [0.25, 0.3) is 0 Å². The van der Waals surface area contributed by atoms with E-state index in [2.05, 4.69) is 4.98 Å². The van der Waals surface area contributed by atoms with Gasteiger partial charge in [-0.1, -0.05) is 6.07 Å². The van der Waals surface area contributed by atoms with Gasteiger partial charge < -0.3 is 5.11 Å². The Morgan fingerprint density at radius 2 is 2.43 bits per heavy atom. The molecule has 1 aromatic heterocycles. The highest BCUT2D eigenvalue weighted by Gasteiger charge is 2.45. The fraction of sp³-hybridized carbons (Fsp3) is 0.400. The Balaban J connectivity index is 2.42. The zero-order valence-corrected chi connectivity index (χ0v) is 8.46. The van der Waals surface area contributed by atoms with Gasteiger partial charge in [0.1, 0.15) is 0 Å². The summed E-state index contributed by atoms with van der Waals surface area (Å²) in [5.41, 5.74) is 0.676. The minimum absolute atomic E-state index is 0.676. The SMILES string of the molecule is O=C(O)C1(c2ccccn2)CCCS1. The van der Waals surface area contributed by atoms with E-state index in [0.29, 0.717) is 12.1 Å². The van der Waals surface area contributed by atoms with Gasteiger partial charge in [0.2, 0.25) is 0 Å². The van der Waals surface area contributed by atoms with E-state index in [4.69, 9.17) is 0 Å². The fourth-order valence-electron chi connectivity index (χ4n) is 1.72. The lowest BCUT2D eigenvalue weighted by Gasteiger charge is -2.21. The normalized spacial score (nSPS) is 26.3. The summed E-state index contributed by atoms with van der Waals surface area (Å²) in [6.45, 7) is 0. The number of aliphatic carboxylic acids is 1. The molecule has 0 amide bonds. The van der Waals surface area contributed by atoms with Gasteiger partial charge in [-0.15, -0.1) is 11.8 Å². The molecule has 2 rings (SSSR count). The number of carboxylic acid groups (broad SMARTS) is 1. The molecule has 1 unspecified atom stereocenters. The molecule has 1 fully saturated rings. The van der Waals surface area contributed by atoms with E-state index >= 15 is 0 Å². The molecular formula is C10H11NO2S. The van der Waals surface area contributed by atoms with Crippen LogP contribution in [0.1, 0.15) is 18.5 Å². The standard InChI is InChI=1S/C10H11NO2S/c12-9(13)10(5-3-7-14-10)8-4-1-2-6-11-8/h1-2,4,6H,3,5,7H2,(H,12,13). The predicted octanol–water partition coefficient (Wildman–Crippen LogP) is 1.89.